The maximum Gasteiger partial charge on any atom is 0.179 e. The van der Waals surface area contributed by atoms with Gasteiger partial charge in [0.2, 0.25) is 0 Å². The van der Waals surface area contributed by atoms with Gasteiger partial charge in [-0.2, -0.15) is 0 Å². The van der Waals surface area contributed by atoms with Gasteiger partial charge in [0.25, 0.3) is 0 Å². The third-order valence-electron chi connectivity index (χ3n) is 3.05. The standard InChI is InChI=1S/C10H13N5/c1-7-2-3-12-9(7)10-14-13-8-6-11-4-5-15(8)10/h4-7,9,12H,2-3H2,1H3. The molecule has 1 aliphatic heterocycles. The summed E-state index contributed by atoms with van der Waals surface area (Å²) in [5, 5.41) is 11.8. The summed E-state index contributed by atoms with van der Waals surface area (Å²) in [5.41, 5.74) is 0.813. The van der Waals surface area contributed by atoms with Gasteiger partial charge in [-0.25, -0.2) is 0 Å². The fraction of sp³-hybridized carbons (Fsp3) is 0.500. The van der Waals surface area contributed by atoms with Crippen LogP contribution in [0.3, 0.4) is 0 Å². The third kappa shape index (κ3) is 1.31. The Morgan fingerprint density at radius 1 is 1.47 bits per heavy atom. The first-order valence-corrected chi connectivity index (χ1v) is 5.24. The zero-order valence-electron chi connectivity index (χ0n) is 8.59. The van der Waals surface area contributed by atoms with Crippen molar-refractivity contribution >= 4 is 5.65 Å². The Kier molecular flexibility index (Phi) is 1.92. The largest absolute Gasteiger partial charge is 0.307 e. The molecule has 15 heavy (non-hydrogen) atoms. The SMILES string of the molecule is CC1CCNC1c1nnc2cnccn12. The van der Waals surface area contributed by atoms with E-state index in [1.54, 1.807) is 12.4 Å². The Balaban J connectivity index is 2.10. The topological polar surface area (TPSA) is 55.1 Å². The lowest BCUT2D eigenvalue weighted by Crippen LogP contribution is -2.19. The Morgan fingerprint density at radius 3 is 3.20 bits per heavy atom. The van der Waals surface area contributed by atoms with Crippen molar-refractivity contribution in [2.45, 2.75) is 19.4 Å². The highest BCUT2D eigenvalue weighted by Gasteiger charge is 2.28. The minimum Gasteiger partial charge on any atom is -0.307 e. The van der Waals surface area contributed by atoms with Crippen LogP contribution in [0.1, 0.15) is 25.2 Å². The molecular weight excluding hydrogens is 190 g/mol. The molecule has 0 amide bonds. The van der Waals surface area contributed by atoms with E-state index >= 15 is 0 Å². The second-order valence-electron chi connectivity index (χ2n) is 4.06. The van der Waals surface area contributed by atoms with Gasteiger partial charge in [0, 0.05) is 12.4 Å². The van der Waals surface area contributed by atoms with Crippen molar-refractivity contribution in [3.05, 3.63) is 24.4 Å². The van der Waals surface area contributed by atoms with Crippen LogP contribution in [0, 0.1) is 5.92 Å². The summed E-state index contributed by atoms with van der Waals surface area (Å²) in [6.45, 7) is 3.30. The number of hydrogen-bond acceptors (Lipinski definition) is 4. The van der Waals surface area contributed by atoms with Gasteiger partial charge in [0.1, 0.15) is 0 Å². The van der Waals surface area contributed by atoms with Crippen LogP contribution in [0.5, 0.6) is 0 Å². The minimum atomic E-state index is 0.322. The number of nitrogens with one attached hydrogen (secondary N) is 1. The van der Waals surface area contributed by atoms with Crippen LogP contribution in [0.2, 0.25) is 0 Å². The van der Waals surface area contributed by atoms with Crippen molar-refractivity contribution in [1.82, 2.24) is 24.9 Å². The van der Waals surface area contributed by atoms with Crippen LogP contribution in [-0.4, -0.2) is 26.1 Å². The number of fused-ring (bicyclic) bond motifs is 1. The fourth-order valence-corrected chi connectivity index (χ4v) is 2.16. The Morgan fingerprint density at radius 2 is 2.40 bits per heavy atom. The molecule has 1 aliphatic rings. The lowest BCUT2D eigenvalue weighted by molar-refractivity contribution is 0.475. The normalized spacial score (nSPS) is 26.2. The molecule has 0 aliphatic carbocycles. The molecule has 3 heterocycles. The highest BCUT2D eigenvalue weighted by Crippen LogP contribution is 2.27. The van der Waals surface area contributed by atoms with Gasteiger partial charge < -0.3 is 5.32 Å². The molecule has 0 radical (unpaired) electrons. The van der Waals surface area contributed by atoms with Gasteiger partial charge in [-0.05, 0) is 18.9 Å². The molecule has 1 N–H and O–H groups in total. The van der Waals surface area contributed by atoms with Crippen molar-refractivity contribution in [2.75, 3.05) is 6.54 Å². The number of aromatic nitrogens is 4. The number of rotatable bonds is 1. The highest BCUT2D eigenvalue weighted by molar-refractivity contribution is 5.34. The van der Waals surface area contributed by atoms with Gasteiger partial charge in [-0.3, -0.25) is 9.38 Å². The molecule has 0 bridgehead atoms. The van der Waals surface area contributed by atoms with E-state index in [0.717, 1.165) is 18.0 Å². The van der Waals surface area contributed by atoms with E-state index in [2.05, 4.69) is 27.4 Å². The summed E-state index contributed by atoms with van der Waals surface area (Å²) < 4.78 is 2.01. The summed E-state index contributed by atoms with van der Waals surface area (Å²) >= 11 is 0. The second-order valence-corrected chi connectivity index (χ2v) is 4.06. The van der Waals surface area contributed by atoms with Crippen molar-refractivity contribution in [2.24, 2.45) is 5.92 Å². The van der Waals surface area contributed by atoms with Crippen LogP contribution in [-0.2, 0) is 0 Å². The van der Waals surface area contributed by atoms with Crippen LogP contribution >= 0.6 is 0 Å². The lowest BCUT2D eigenvalue weighted by atomic mass is 10.0. The maximum atomic E-state index is 4.24. The van der Waals surface area contributed by atoms with Gasteiger partial charge in [0.15, 0.2) is 11.5 Å². The van der Waals surface area contributed by atoms with Crippen molar-refractivity contribution < 1.29 is 0 Å². The molecular formula is C10H13N5. The molecule has 1 fully saturated rings. The molecule has 2 aromatic rings. The molecule has 5 nitrogen and oxygen atoms in total. The van der Waals surface area contributed by atoms with Gasteiger partial charge in [-0.15, -0.1) is 10.2 Å². The quantitative estimate of drug-likeness (QED) is 0.744. The van der Waals surface area contributed by atoms with E-state index in [9.17, 15) is 0 Å². The monoisotopic (exact) mass is 203 g/mol. The molecule has 1 saturated heterocycles. The smallest absolute Gasteiger partial charge is 0.179 e. The Labute approximate surface area is 87.5 Å². The second kappa shape index (κ2) is 3.27. The van der Waals surface area contributed by atoms with Crippen molar-refractivity contribution in [3.63, 3.8) is 0 Å². The molecule has 0 spiro atoms. The van der Waals surface area contributed by atoms with E-state index in [4.69, 9.17) is 0 Å². The molecule has 78 valence electrons. The molecule has 5 heteroatoms. The van der Waals surface area contributed by atoms with E-state index in [1.165, 1.54) is 6.42 Å². The summed E-state index contributed by atoms with van der Waals surface area (Å²) in [6, 6.07) is 0.322. The summed E-state index contributed by atoms with van der Waals surface area (Å²) in [6.07, 6.45) is 6.61. The lowest BCUT2D eigenvalue weighted by Gasteiger charge is -2.12. The zero-order chi connectivity index (χ0) is 10.3. The van der Waals surface area contributed by atoms with E-state index in [0.29, 0.717) is 12.0 Å². The van der Waals surface area contributed by atoms with Gasteiger partial charge in [0.05, 0.1) is 12.2 Å². The van der Waals surface area contributed by atoms with Crippen LogP contribution in [0.25, 0.3) is 5.65 Å². The average molecular weight is 203 g/mol. The molecule has 0 saturated carbocycles. The first-order valence-electron chi connectivity index (χ1n) is 5.24. The Bertz CT molecular complexity index is 477. The van der Waals surface area contributed by atoms with Crippen LogP contribution < -0.4 is 5.32 Å². The van der Waals surface area contributed by atoms with Crippen LogP contribution in [0.15, 0.2) is 18.6 Å². The van der Waals surface area contributed by atoms with E-state index < -0.39 is 0 Å². The average Bonchev–Trinajstić information content (AvgIpc) is 2.83. The molecule has 2 unspecified atom stereocenters. The number of nitrogens with zero attached hydrogens (tertiary/aromatic N) is 4. The van der Waals surface area contributed by atoms with Gasteiger partial charge >= 0.3 is 0 Å². The first-order chi connectivity index (χ1) is 7.36. The third-order valence-corrected chi connectivity index (χ3v) is 3.05. The van der Waals surface area contributed by atoms with Crippen molar-refractivity contribution in [1.29, 1.82) is 0 Å². The van der Waals surface area contributed by atoms with Gasteiger partial charge in [-0.1, -0.05) is 6.92 Å². The fourth-order valence-electron chi connectivity index (χ4n) is 2.16. The summed E-state index contributed by atoms with van der Waals surface area (Å²) in [4.78, 5) is 4.03. The predicted molar refractivity (Wildman–Crippen MR) is 55.3 cm³/mol. The zero-order valence-corrected chi connectivity index (χ0v) is 8.59. The molecule has 0 aromatic carbocycles. The minimum absolute atomic E-state index is 0.322. The highest BCUT2D eigenvalue weighted by atomic mass is 15.3. The van der Waals surface area contributed by atoms with Crippen molar-refractivity contribution in [3.8, 4) is 0 Å². The van der Waals surface area contributed by atoms with E-state index in [1.807, 2.05) is 10.6 Å². The predicted octanol–water partition coefficient (Wildman–Crippen LogP) is 0.795. The Hall–Kier alpha value is -1.49. The molecule has 2 aromatic heterocycles. The summed E-state index contributed by atoms with van der Waals surface area (Å²) in [5.74, 6) is 1.61. The molecule has 2 atom stereocenters. The summed E-state index contributed by atoms with van der Waals surface area (Å²) in [7, 11) is 0. The van der Waals surface area contributed by atoms with Crippen LogP contribution in [0.4, 0.5) is 0 Å². The maximum absolute atomic E-state index is 4.24. The number of hydrogen-bond donors (Lipinski definition) is 1. The first kappa shape index (κ1) is 8.79. The van der Waals surface area contributed by atoms with E-state index in [-0.39, 0.29) is 0 Å². The molecule has 3 rings (SSSR count).